The Labute approximate surface area is 80.5 Å². The highest BCUT2D eigenvalue weighted by Gasteiger charge is 2.08. The Bertz CT molecular complexity index is 489. The van der Waals surface area contributed by atoms with Gasteiger partial charge in [-0.05, 0) is 11.6 Å². The molecule has 1 heterocycles. The van der Waals surface area contributed by atoms with Crippen molar-refractivity contribution in [1.29, 1.82) is 0 Å². The van der Waals surface area contributed by atoms with Gasteiger partial charge in [0, 0.05) is 7.05 Å². The van der Waals surface area contributed by atoms with Crippen molar-refractivity contribution in [3.8, 4) is 0 Å². The average Bonchev–Trinajstić information content (AvgIpc) is 2.49. The molecule has 0 fully saturated rings. The van der Waals surface area contributed by atoms with Crippen LogP contribution in [-0.4, -0.2) is 20.9 Å². The van der Waals surface area contributed by atoms with Crippen LogP contribution in [0.25, 0.3) is 11.0 Å². The van der Waals surface area contributed by atoms with Gasteiger partial charge in [-0.3, -0.25) is 4.79 Å². The first-order valence-corrected chi connectivity index (χ1v) is 4.24. The number of aryl methyl sites for hydroxylation is 1. The van der Waals surface area contributed by atoms with Crippen molar-refractivity contribution in [2.75, 3.05) is 0 Å². The minimum atomic E-state index is -0.358. The summed E-state index contributed by atoms with van der Waals surface area (Å²) in [7, 11) is 1.81. The number of rotatable bonds is 2. The fourth-order valence-electron chi connectivity index (χ4n) is 1.44. The summed E-state index contributed by atoms with van der Waals surface area (Å²) in [5, 5.41) is 7.85. The molecule has 0 saturated carbocycles. The maximum Gasteiger partial charge on any atom is 0.221 e. The molecular formula is C9H10N4O. The van der Waals surface area contributed by atoms with Gasteiger partial charge in [-0.2, -0.15) is 0 Å². The molecule has 0 aliphatic rings. The fraction of sp³-hybridized carbons (Fsp3) is 0.222. The van der Waals surface area contributed by atoms with E-state index >= 15 is 0 Å². The molecular weight excluding hydrogens is 180 g/mol. The third-order valence-corrected chi connectivity index (χ3v) is 2.09. The summed E-state index contributed by atoms with van der Waals surface area (Å²) in [4.78, 5) is 10.8. The summed E-state index contributed by atoms with van der Waals surface area (Å²) >= 11 is 0. The Morgan fingerprint density at radius 2 is 2.36 bits per heavy atom. The highest BCUT2D eigenvalue weighted by Crippen LogP contribution is 2.15. The lowest BCUT2D eigenvalue weighted by Gasteiger charge is -1.98. The molecule has 2 rings (SSSR count). The summed E-state index contributed by atoms with van der Waals surface area (Å²) in [6.45, 7) is 0. The van der Waals surface area contributed by atoms with E-state index in [1.165, 1.54) is 0 Å². The Morgan fingerprint density at radius 3 is 3.07 bits per heavy atom. The van der Waals surface area contributed by atoms with Gasteiger partial charge in [-0.25, -0.2) is 4.68 Å². The van der Waals surface area contributed by atoms with Crippen LogP contribution >= 0.6 is 0 Å². The van der Waals surface area contributed by atoms with Crippen LogP contribution in [0.4, 0.5) is 0 Å². The summed E-state index contributed by atoms with van der Waals surface area (Å²) in [5.74, 6) is -0.358. The Hall–Kier alpha value is -1.91. The molecule has 0 radical (unpaired) electrons. The molecule has 1 amide bonds. The maximum absolute atomic E-state index is 10.8. The van der Waals surface area contributed by atoms with Crippen LogP contribution in [0.15, 0.2) is 18.2 Å². The van der Waals surface area contributed by atoms with Crippen LogP contribution in [0.1, 0.15) is 5.56 Å². The lowest BCUT2D eigenvalue weighted by molar-refractivity contribution is -0.117. The SMILES string of the molecule is Cn1nnc2c(CC(N)=O)cccc21. The molecule has 1 aromatic heterocycles. The smallest absolute Gasteiger partial charge is 0.221 e. The fourth-order valence-corrected chi connectivity index (χ4v) is 1.44. The summed E-state index contributed by atoms with van der Waals surface area (Å²) in [5.41, 5.74) is 7.60. The number of carbonyl (C=O) groups is 1. The van der Waals surface area contributed by atoms with Crippen molar-refractivity contribution in [2.45, 2.75) is 6.42 Å². The molecule has 5 heteroatoms. The van der Waals surface area contributed by atoms with Gasteiger partial charge in [0.25, 0.3) is 0 Å². The van der Waals surface area contributed by atoms with Gasteiger partial charge in [-0.1, -0.05) is 17.3 Å². The quantitative estimate of drug-likeness (QED) is 0.724. The minimum absolute atomic E-state index is 0.204. The first-order chi connectivity index (χ1) is 6.68. The number of hydrogen-bond donors (Lipinski definition) is 1. The first kappa shape index (κ1) is 8.68. The number of fused-ring (bicyclic) bond motifs is 1. The molecule has 0 aliphatic carbocycles. The summed E-state index contributed by atoms with van der Waals surface area (Å²) in [6.07, 6.45) is 0.204. The topological polar surface area (TPSA) is 73.8 Å². The van der Waals surface area contributed by atoms with E-state index in [4.69, 9.17) is 5.73 Å². The van der Waals surface area contributed by atoms with E-state index in [9.17, 15) is 4.79 Å². The van der Waals surface area contributed by atoms with Crippen molar-refractivity contribution in [3.63, 3.8) is 0 Å². The molecule has 0 unspecified atom stereocenters. The predicted molar refractivity (Wildman–Crippen MR) is 51.4 cm³/mol. The van der Waals surface area contributed by atoms with Gasteiger partial charge in [0.1, 0.15) is 5.52 Å². The Morgan fingerprint density at radius 1 is 1.57 bits per heavy atom. The zero-order valence-electron chi connectivity index (χ0n) is 7.77. The number of amides is 1. The number of hydrogen-bond acceptors (Lipinski definition) is 3. The number of carbonyl (C=O) groups excluding carboxylic acids is 1. The zero-order chi connectivity index (χ0) is 10.1. The van der Waals surface area contributed by atoms with Gasteiger partial charge in [-0.15, -0.1) is 5.10 Å². The molecule has 72 valence electrons. The van der Waals surface area contributed by atoms with Crippen LogP contribution < -0.4 is 5.73 Å². The highest BCUT2D eigenvalue weighted by molar-refractivity contribution is 5.85. The Balaban J connectivity index is 2.59. The van der Waals surface area contributed by atoms with Crippen molar-refractivity contribution in [2.24, 2.45) is 12.8 Å². The number of primary amides is 1. The number of nitrogens with two attached hydrogens (primary N) is 1. The second kappa shape index (κ2) is 3.10. The third kappa shape index (κ3) is 1.32. The van der Waals surface area contributed by atoms with Gasteiger partial charge in [0.2, 0.25) is 5.91 Å². The average molecular weight is 190 g/mol. The second-order valence-corrected chi connectivity index (χ2v) is 3.14. The number of benzene rings is 1. The lowest BCUT2D eigenvalue weighted by Crippen LogP contribution is -2.13. The molecule has 0 atom stereocenters. The van der Waals surface area contributed by atoms with Crippen LogP contribution in [0.2, 0.25) is 0 Å². The van der Waals surface area contributed by atoms with Crippen molar-refractivity contribution < 1.29 is 4.79 Å². The van der Waals surface area contributed by atoms with Gasteiger partial charge < -0.3 is 5.73 Å². The van der Waals surface area contributed by atoms with Gasteiger partial charge in [0.15, 0.2) is 0 Å². The molecule has 5 nitrogen and oxygen atoms in total. The van der Waals surface area contributed by atoms with E-state index in [1.54, 1.807) is 4.68 Å². The molecule has 0 aliphatic heterocycles. The van der Waals surface area contributed by atoms with Crippen molar-refractivity contribution in [3.05, 3.63) is 23.8 Å². The maximum atomic E-state index is 10.8. The van der Waals surface area contributed by atoms with Crippen LogP contribution in [0.3, 0.4) is 0 Å². The summed E-state index contributed by atoms with van der Waals surface area (Å²) in [6, 6.07) is 5.60. The minimum Gasteiger partial charge on any atom is -0.369 e. The molecule has 1 aromatic carbocycles. The lowest BCUT2D eigenvalue weighted by atomic mass is 10.1. The summed E-state index contributed by atoms with van der Waals surface area (Å²) < 4.78 is 1.67. The molecule has 14 heavy (non-hydrogen) atoms. The van der Waals surface area contributed by atoms with Gasteiger partial charge >= 0.3 is 0 Å². The van der Waals surface area contributed by atoms with Crippen molar-refractivity contribution in [1.82, 2.24) is 15.0 Å². The first-order valence-electron chi connectivity index (χ1n) is 4.24. The second-order valence-electron chi connectivity index (χ2n) is 3.14. The third-order valence-electron chi connectivity index (χ3n) is 2.09. The highest BCUT2D eigenvalue weighted by atomic mass is 16.1. The predicted octanol–water partition coefficient (Wildman–Crippen LogP) is -0.00390. The zero-order valence-corrected chi connectivity index (χ0v) is 7.77. The monoisotopic (exact) mass is 190 g/mol. The molecule has 2 aromatic rings. The van der Waals surface area contributed by atoms with E-state index in [1.807, 2.05) is 25.2 Å². The van der Waals surface area contributed by atoms with E-state index in [0.717, 1.165) is 16.6 Å². The van der Waals surface area contributed by atoms with Crippen LogP contribution in [0, 0.1) is 0 Å². The van der Waals surface area contributed by atoms with E-state index in [0.29, 0.717) is 0 Å². The van der Waals surface area contributed by atoms with E-state index in [2.05, 4.69) is 10.3 Å². The number of aromatic nitrogens is 3. The van der Waals surface area contributed by atoms with Crippen LogP contribution in [0.5, 0.6) is 0 Å². The molecule has 0 bridgehead atoms. The van der Waals surface area contributed by atoms with E-state index < -0.39 is 0 Å². The molecule has 0 spiro atoms. The van der Waals surface area contributed by atoms with Crippen LogP contribution in [-0.2, 0) is 18.3 Å². The largest absolute Gasteiger partial charge is 0.369 e. The normalized spacial score (nSPS) is 10.6. The van der Waals surface area contributed by atoms with Gasteiger partial charge in [0.05, 0.1) is 11.9 Å². The van der Waals surface area contributed by atoms with Crippen molar-refractivity contribution >= 4 is 16.9 Å². The van der Waals surface area contributed by atoms with E-state index in [-0.39, 0.29) is 12.3 Å². The molecule has 0 saturated heterocycles. The standard InChI is InChI=1S/C9H10N4O/c1-13-7-4-2-3-6(5-8(10)14)9(7)11-12-13/h2-4H,5H2,1H3,(H2,10,14). The number of nitrogens with zero attached hydrogens (tertiary/aromatic N) is 3. The molecule has 2 N–H and O–H groups in total. The Kier molecular flexibility index (Phi) is 1.92.